The Morgan fingerprint density at radius 1 is 1.00 bits per heavy atom. The van der Waals surface area contributed by atoms with E-state index in [-0.39, 0.29) is 5.97 Å². The molecule has 0 unspecified atom stereocenters. The number of carbonyl (C=O) groups is 1. The lowest BCUT2D eigenvalue weighted by molar-refractivity contribution is -0.129. The van der Waals surface area contributed by atoms with E-state index in [2.05, 4.69) is 27.4 Å². The lowest BCUT2D eigenvalue weighted by atomic mass is 10.1. The lowest BCUT2D eigenvalue weighted by Gasteiger charge is -2.28. The first-order chi connectivity index (χ1) is 10.6. The minimum absolute atomic E-state index is 0.256. The standard InChI is InChI=1S/C19H24O2Si/c1-5-22(6-2,7-3)15(4)19(20)21-18-14-10-12-16-11-8-9-13-17(16)18/h8-14H,4-7H2,1-3H3. The highest BCUT2D eigenvalue weighted by atomic mass is 28.3. The first-order valence-electron chi connectivity index (χ1n) is 7.97. The summed E-state index contributed by atoms with van der Waals surface area (Å²) in [6, 6.07) is 16.8. The molecule has 2 aromatic rings. The Balaban J connectivity index is 2.29. The molecule has 2 rings (SSSR count). The summed E-state index contributed by atoms with van der Waals surface area (Å²) in [4.78, 5) is 12.6. The fourth-order valence-electron chi connectivity index (χ4n) is 3.05. The lowest BCUT2D eigenvalue weighted by Crippen LogP contribution is -2.39. The molecule has 0 spiro atoms. The Morgan fingerprint density at radius 2 is 1.59 bits per heavy atom. The van der Waals surface area contributed by atoms with Crippen molar-refractivity contribution in [2.75, 3.05) is 0 Å². The minimum Gasteiger partial charge on any atom is -0.423 e. The molecule has 0 radical (unpaired) electrons. The molecule has 0 fully saturated rings. The van der Waals surface area contributed by atoms with Crippen LogP contribution in [0.15, 0.2) is 54.2 Å². The predicted molar refractivity (Wildman–Crippen MR) is 95.9 cm³/mol. The van der Waals surface area contributed by atoms with Gasteiger partial charge in [0, 0.05) is 10.6 Å². The second-order valence-corrected chi connectivity index (χ2v) is 11.0. The van der Waals surface area contributed by atoms with Crippen LogP contribution in [0.1, 0.15) is 20.8 Å². The maximum atomic E-state index is 12.6. The van der Waals surface area contributed by atoms with E-state index in [0.29, 0.717) is 10.9 Å². The number of carbonyl (C=O) groups excluding carboxylic acids is 1. The highest BCUT2D eigenvalue weighted by Gasteiger charge is 2.35. The number of rotatable bonds is 6. The summed E-state index contributed by atoms with van der Waals surface area (Å²) in [6.07, 6.45) is 0. The van der Waals surface area contributed by atoms with Crippen molar-refractivity contribution in [1.82, 2.24) is 0 Å². The molecule has 0 heterocycles. The molecule has 0 aromatic heterocycles. The Morgan fingerprint density at radius 3 is 2.23 bits per heavy atom. The second kappa shape index (κ2) is 6.92. The van der Waals surface area contributed by atoms with Crippen LogP contribution < -0.4 is 4.74 Å². The Bertz CT molecular complexity index is 673. The van der Waals surface area contributed by atoms with Gasteiger partial charge in [-0.3, -0.25) is 0 Å². The SMILES string of the molecule is C=C(C(=O)Oc1cccc2ccccc12)[Si](CC)(CC)CC. The molecular formula is C19H24O2Si. The summed E-state index contributed by atoms with van der Waals surface area (Å²) in [6.45, 7) is 10.6. The molecule has 0 saturated carbocycles. The van der Waals surface area contributed by atoms with Crippen molar-refractivity contribution in [3.05, 3.63) is 54.2 Å². The molecule has 22 heavy (non-hydrogen) atoms. The largest absolute Gasteiger partial charge is 0.423 e. The van der Waals surface area contributed by atoms with Crippen molar-refractivity contribution in [1.29, 1.82) is 0 Å². The van der Waals surface area contributed by atoms with E-state index in [1.807, 2.05) is 42.5 Å². The summed E-state index contributed by atoms with van der Waals surface area (Å²) in [5.74, 6) is 0.365. The van der Waals surface area contributed by atoms with E-state index in [1.54, 1.807) is 0 Å². The summed E-state index contributed by atoms with van der Waals surface area (Å²) in [5.41, 5.74) is 0. The van der Waals surface area contributed by atoms with Crippen molar-refractivity contribution in [2.24, 2.45) is 0 Å². The fourth-order valence-corrected chi connectivity index (χ4v) is 6.32. The van der Waals surface area contributed by atoms with E-state index in [0.717, 1.165) is 28.9 Å². The topological polar surface area (TPSA) is 26.3 Å². The number of hydrogen-bond acceptors (Lipinski definition) is 2. The third-order valence-electron chi connectivity index (χ3n) is 4.87. The van der Waals surface area contributed by atoms with Crippen LogP contribution in [0.5, 0.6) is 5.75 Å². The molecule has 0 saturated heterocycles. The van der Waals surface area contributed by atoms with Crippen LogP contribution >= 0.6 is 0 Å². The van der Waals surface area contributed by atoms with Crippen LogP contribution in [0.25, 0.3) is 10.8 Å². The highest BCUT2D eigenvalue weighted by Crippen LogP contribution is 2.30. The van der Waals surface area contributed by atoms with Crippen LogP contribution in [-0.4, -0.2) is 14.0 Å². The normalized spacial score (nSPS) is 11.4. The minimum atomic E-state index is -1.77. The third-order valence-corrected chi connectivity index (χ3v) is 10.4. The molecule has 0 aliphatic heterocycles. The first-order valence-corrected chi connectivity index (χ1v) is 10.6. The number of ether oxygens (including phenoxy) is 1. The molecule has 0 bridgehead atoms. The van der Waals surface area contributed by atoms with Gasteiger partial charge in [-0.2, -0.15) is 0 Å². The first kappa shape index (κ1) is 16.5. The van der Waals surface area contributed by atoms with Crippen LogP contribution in [0.4, 0.5) is 0 Å². The zero-order valence-electron chi connectivity index (χ0n) is 13.7. The molecule has 0 amide bonds. The van der Waals surface area contributed by atoms with Gasteiger partial charge in [-0.1, -0.05) is 81.9 Å². The maximum absolute atomic E-state index is 12.6. The zero-order valence-corrected chi connectivity index (χ0v) is 14.7. The molecule has 0 aliphatic rings. The zero-order chi connectivity index (χ0) is 16.2. The smallest absolute Gasteiger partial charge is 0.334 e. The molecule has 2 aromatic carbocycles. The predicted octanol–water partition coefficient (Wildman–Crippen LogP) is 5.35. The summed E-state index contributed by atoms with van der Waals surface area (Å²) in [7, 11) is -1.77. The van der Waals surface area contributed by atoms with Gasteiger partial charge in [-0.05, 0) is 11.5 Å². The molecule has 2 nitrogen and oxygen atoms in total. The van der Waals surface area contributed by atoms with Gasteiger partial charge in [-0.15, -0.1) is 0 Å². The van der Waals surface area contributed by atoms with Crippen molar-refractivity contribution >= 4 is 24.8 Å². The monoisotopic (exact) mass is 312 g/mol. The Hall–Kier alpha value is -1.87. The Kier molecular flexibility index (Phi) is 5.19. The van der Waals surface area contributed by atoms with Gasteiger partial charge in [-0.25, -0.2) is 4.79 Å². The van der Waals surface area contributed by atoms with Gasteiger partial charge in [0.2, 0.25) is 0 Å². The molecule has 0 atom stereocenters. The second-order valence-electron chi connectivity index (χ2n) is 5.69. The van der Waals surface area contributed by atoms with Gasteiger partial charge in [0.25, 0.3) is 0 Å². The third kappa shape index (κ3) is 3.00. The summed E-state index contributed by atoms with van der Waals surface area (Å²) < 4.78 is 5.70. The summed E-state index contributed by atoms with van der Waals surface area (Å²) >= 11 is 0. The molecule has 116 valence electrons. The van der Waals surface area contributed by atoms with E-state index >= 15 is 0 Å². The number of benzene rings is 2. The van der Waals surface area contributed by atoms with Gasteiger partial charge < -0.3 is 4.74 Å². The van der Waals surface area contributed by atoms with Crippen LogP contribution in [0, 0.1) is 0 Å². The number of esters is 1. The number of fused-ring (bicyclic) bond motifs is 1. The fraction of sp³-hybridized carbons (Fsp3) is 0.316. The molecular weight excluding hydrogens is 288 g/mol. The van der Waals surface area contributed by atoms with Gasteiger partial charge >= 0.3 is 5.97 Å². The summed E-state index contributed by atoms with van der Waals surface area (Å²) in [5, 5.41) is 2.75. The van der Waals surface area contributed by atoms with Crippen LogP contribution in [-0.2, 0) is 4.79 Å². The Labute approximate surface area is 133 Å². The molecule has 3 heteroatoms. The number of hydrogen-bond donors (Lipinski definition) is 0. The van der Waals surface area contributed by atoms with Gasteiger partial charge in [0.1, 0.15) is 5.75 Å². The average molecular weight is 312 g/mol. The van der Waals surface area contributed by atoms with Crippen molar-refractivity contribution in [3.63, 3.8) is 0 Å². The van der Waals surface area contributed by atoms with Crippen molar-refractivity contribution < 1.29 is 9.53 Å². The van der Waals surface area contributed by atoms with Gasteiger partial charge in [0.15, 0.2) is 0 Å². The average Bonchev–Trinajstić information content (AvgIpc) is 2.57. The van der Waals surface area contributed by atoms with Gasteiger partial charge in [0.05, 0.1) is 8.07 Å². The van der Waals surface area contributed by atoms with Crippen molar-refractivity contribution in [3.8, 4) is 5.75 Å². The molecule has 0 aliphatic carbocycles. The van der Waals surface area contributed by atoms with E-state index in [1.165, 1.54) is 0 Å². The van der Waals surface area contributed by atoms with Crippen molar-refractivity contribution in [2.45, 2.75) is 38.9 Å². The molecule has 0 N–H and O–H groups in total. The highest BCUT2D eigenvalue weighted by molar-refractivity contribution is 6.89. The maximum Gasteiger partial charge on any atom is 0.334 e. The quantitative estimate of drug-likeness (QED) is 0.311. The van der Waals surface area contributed by atoms with Crippen LogP contribution in [0.2, 0.25) is 18.1 Å². The van der Waals surface area contributed by atoms with E-state index in [4.69, 9.17) is 4.74 Å². The van der Waals surface area contributed by atoms with E-state index in [9.17, 15) is 4.79 Å². The van der Waals surface area contributed by atoms with E-state index < -0.39 is 8.07 Å². The van der Waals surface area contributed by atoms with Crippen LogP contribution in [0.3, 0.4) is 0 Å².